The summed E-state index contributed by atoms with van der Waals surface area (Å²) in [5.74, 6) is 3.22. The van der Waals surface area contributed by atoms with Crippen molar-refractivity contribution in [2.45, 2.75) is 51.0 Å². The van der Waals surface area contributed by atoms with Crippen molar-refractivity contribution in [3.63, 3.8) is 0 Å². The molecule has 21 heavy (non-hydrogen) atoms. The molecule has 0 radical (unpaired) electrons. The lowest BCUT2D eigenvalue weighted by molar-refractivity contribution is 0.117. The fraction of sp³-hybridized carbons (Fsp3) is 0.667. The van der Waals surface area contributed by atoms with E-state index in [-0.39, 0.29) is 6.04 Å². The van der Waals surface area contributed by atoms with Gasteiger partial charge in [0.05, 0.1) is 12.1 Å². The minimum Gasteiger partial charge on any atom is -0.495 e. The zero-order valence-corrected chi connectivity index (χ0v) is 13.6. The van der Waals surface area contributed by atoms with Crippen LogP contribution in [-0.2, 0) is 0 Å². The largest absolute Gasteiger partial charge is 0.495 e. The van der Waals surface area contributed by atoms with E-state index >= 15 is 0 Å². The van der Waals surface area contributed by atoms with Crippen LogP contribution in [0.3, 0.4) is 0 Å². The van der Waals surface area contributed by atoms with E-state index in [9.17, 15) is 0 Å². The molecule has 3 heteroatoms. The lowest BCUT2D eigenvalue weighted by Crippen LogP contribution is -2.33. The van der Waals surface area contributed by atoms with Gasteiger partial charge in [-0.25, -0.2) is 0 Å². The maximum atomic E-state index is 6.55. The average Bonchev–Trinajstić information content (AvgIpc) is 2.53. The number of ether oxygens (including phenoxy) is 1. The first-order valence-corrected chi connectivity index (χ1v) is 8.66. The van der Waals surface area contributed by atoms with Crippen LogP contribution >= 0.6 is 11.6 Å². The van der Waals surface area contributed by atoms with Gasteiger partial charge in [-0.15, -0.1) is 0 Å². The van der Waals surface area contributed by atoms with Gasteiger partial charge in [0.25, 0.3) is 0 Å². The van der Waals surface area contributed by atoms with Crippen molar-refractivity contribution in [2.75, 3.05) is 7.11 Å². The molecule has 2 aliphatic rings. The Balaban J connectivity index is 1.70. The molecule has 0 spiro atoms. The Hall–Kier alpha value is -0.730. The maximum Gasteiger partial charge on any atom is 0.137 e. The van der Waals surface area contributed by atoms with E-state index in [1.165, 1.54) is 44.9 Å². The summed E-state index contributed by atoms with van der Waals surface area (Å²) >= 11 is 6.24. The van der Waals surface area contributed by atoms with Crippen LogP contribution in [-0.4, -0.2) is 7.11 Å². The van der Waals surface area contributed by atoms with Crippen molar-refractivity contribution < 1.29 is 4.74 Å². The van der Waals surface area contributed by atoms with E-state index < -0.39 is 0 Å². The SMILES string of the molecule is COc1ccc(C(N)C2CCC3CCCCC3C2)cc1Cl. The predicted molar refractivity (Wildman–Crippen MR) is 87.7 cm³/mol. The fourth-order valence-electron chi connectivity index (χ4n) is 4.40. The standard InChI is InChI=1S/C18H26ClNO/c1-21-17-9-8-15(11-16(17)19)18(20)14-7-6-12-4-2-3-5-13(12)10-14/h8-9,11-14,18H,2-7,10,20H2,1H3. The van der Waals surface area contributed by atoms with E-state index in [0.29, 0.717) is 10.9 Å². The Kier molecular flexibility index (Phi) is 4.75. The highest BCUT2D eigenvalue weighted by Gasteiger charge is 2.34. The molecular weight excluding hydrogens is 282 g/mol. The summed E-state index contributed by atoms with van der Waals surface area (Å²) < 4.78 is 5.22. The third-order valence-electron chi connectivity index (χ3n) is 5.65. The minimum absolute atomic E-state index is 0.108. The van der Waals surface area contributed by atoms with E-state index in [4.69, 9.17) is 22.1 Å². The topological polar surface area (TPSA) is 35.2 Å². The number of hydrogen-bond acceptors (Lipinski definition) is 2. The lowest BCUT2D eigenvalue weighted by Gasteiger charge is -2.41. The molecule has 0 heterocycles. The summed E-state index contributed by atoms with van der Waals surface area (Å²) in [7, 11) is 1.64. The van der Waals surface area contributed by atoms with Crippen molar-refractivity contribution in [2.24, 2.45) is 23.5 Å². The molecule has 2 saturated carbocycles. The van der Waals surface area contributed by atoms with Crippen LogP contribution in [0.2, 0.25) is 5.02 Å². The third kappa shape index (κ3) is 3.22. The normalized spacial score (nSPS) is 30.5. The molecule has 0 bridgehead atoms. The van der Waals surface area contributed by atoms with Crippen molar-refractivity contribution >= 4 is 11.6 Å². The Morgan fingerprint density at radius 1 is 1.14 bits per heavy atom. The first kappa shape index (κ1) is 15.2. The highest BCUT2D eigenvalue weighted by atomic mass is 35.5. The van der Waals surface area contributed by atoms with Crippen molar-refractivity contribution in [1.29, 1.82) is 0 Å². The minimum atomic E-state index is 0.108. The average molecular weight is 308 g/mol. The van der Waals surface area contributed by atoms with E-state index in [2.05, 4.69) is 6.07 Å². The molecule has 4 unspecified atom stereocenters. The van der Waals surface area contributed by atoms with Gasteiger partial charge in [-0.05, 0) is 54.7 Å². The summed E-state index contributed by atoms with van der Waals surface area (Å²) in [5.41, 5.74) is 7.71. The molecule has 2 N–H and O–H groups in total. The number of methoxy groups -OCH3 is 1. The number of nitrogens with two attached hydrogens (primary N) is 1. The van der Waals surface area contributed by atoms with Gasteiger partial charge in [-0.1, -0.05) is 43.4 Å². The van der Waals surface area contributed by atoms with E-state index in [1.54, 1.807) is 7.11 Å². The zero-order chi connectivity index (χ0) is 14.8. The molecule has 3 rings (SSSR count). The highest BCUT2D eigenvalue weighted by Crippen LogP contribution is 2.45. The number of fused-ring (bicyclic) bond motifs is 1. The van der Waals surface area contributed by atoms with Crippen LogP contribution in [0.4, 0.5) is 0 Å². The van der Waals surface area contributed by atoms with Crippen LogP contribution in [0.5, 0.6) is 5.75 Å². The van der Waals surface area contributed by atoms with Crippen LogP contribution < -0.4 is 10.5 Å². The second-order valence-electron chi connectivity index (χ2n) is 6.80. The monoisotopic (exact) mass is 307 g/mol. The number of halogens is 1. The molecule has 1 aromatic rings. The van der Waals surface area contributed by atoms with Crippen LogP contribution in [0.15, 0.2) is 18.2 Å². The number of hydrogen-bond donors (Lipinski definition) is 1. The second kappa shape index (κ2) is 6.58. The molecule has 2 aliphatic carbocycles. The Bertz CT molecular complexity index is 490. The molecule has 0 aromatic heterocycles. The van der Waals surface area contributed by atoms with Crippen LogP contribution in [0.25, 0.3) is 0 Å². The smallest absolute Gasteiger partial charge is 0.137 e. The number of rotatable bonds is 3. The molecule has 0 saturated heterocycles. The Morgan fingerprint density at radius 2 is 1.90 bits per heavy atom. The molecule has 1 aromatic carbocycles. The Morgan fingerprint density at radius 3 is 2.62 bits per heavy atom. The second-order valence-corrected chi connectivity index (χ2v) is 7.20. The maximum absolute atomic E-state index is 6.55. The van der Waals surface area contributed by atoms with Gasteiger partial charge >= 0.3 is 0 Å². The first-order chi connectivity index (χ1) is 10.2. The fourth-order valence-corrected chi connectivity index (χ4v) is 4.66. The van der Waals surface area contributed by atoms with Crippen molar-refractivity contribution in [1.82, 2.24) is 0 Å². The van der Waals surface area contributed by atoms with Crippen molar-refractivity contribution in [3.05, 3.63) is 28.8 Å². The lowest BCUT2D eigenvalue weighted by atomic mass is 9.65. The van der Waals surface area contributed by atoms with Gasteiger partial charge in [-0.3, -0.25) is 0 Å². The molecule has 0 aliphatic heterocycles. The van der Waals surface area contributed by atoms with Crippen LogP contribution in [0.1, 0.15) is 56.6 Å². The van der Waals surface area contributed by atoms with E-state index in [0.717, 1.165) is 23.1 Å². The molecule has 0 amide bonds. The summed E-state index contributed by atoms with van der Waals surface area (Å²) in [6.07, 6.45) is 9.65. The molecular formula is C18H26ClNO. The quantitative estimate of drug-likeness (QED) is 0.857. The summed E-state index contributed by atoms with van der Waals surface area (Å²) in [4.78, 5) is 0. The predicted octanol–water partition coefficient (Wildman–Crippen LogP) is 4.95. The van der Waals surface area contributed by atoms with E-state index in [1.807, 2.05) is 12.1 Å². The van der Waals surface area contributed by atoms with Gasteiger partial charge in [-0.2, -0.15) is 0 Å². The third-order valence-corrected chi connectivity index (χ3v) is 5.94. The van der Waals surface area contributed by atoms with Gasteiger partial charge in [0.15, 0.2) is 0 Å². The van der Waals surface area contributed by atoms with Gasteiger partial charge in [0, 0.05) is 6.04 Å². The molecule has 2 nitrogen and oxygen atoms in total. The highest BCUT2D eigenvalue weighted by molar-refractivity contribution is 6.32. The molecule has 116 valence electrons. The van der Waals surface area contributed by atoms with Gasteiger partial charge in [0.2, 0.25) is 0 Å². The summed E-state index contributed by atoms with van der Waals surface area (Å²) in [6, 6.07) is 6.10. The number of benzene rings is 1. The van der Waals surface area contributed by atoms with Crippen molar-refractivity contribution in [3.8, 4) is 5.75 Å². The summed E-state index contributed by atoms with van der Waals surface area (Å²) in [6.45, 7) is 0. The van der Waals surface area contributed by atoms with Gasteiger partial charge in [0.1, 0.15) is 5.75 Å². The zero-order valence-electron chi connectivity index (χ0n) is 12.9. The molecule has 4 atom stereocenters. The molecule has 2 fully saturated rings. The van der Waals surface area contributed by atoms with Gasteiger partial charge < -0.3 is 10.5 Å². The Labute approximate surface area is 133 Å². The van der Waals surface area contributed by atoms with Crippen LogP contribution in [0, 0.1) is 17.8 Å². The summed E-state index contributed by atoms with van der Waals surface area (Å²) in [5, 5.41) is 0.664. The first-order valence-electron chi connectivity index (χ1n) is 8.28.